The van der Waals surface area contributed by atoms with Gasteiger partial charge in [0, 0.05) is 24.3 Å². The van der Waals surface area contributed by atoms with Crippen molar-refractivity contribution in [2.75, 3.05) is 29.9 Å². The first kappa shape index (κ1) is 22.6. The van der Waals surface area contributed by atoms with Gasteiger partial charge in [-0.25, -0.2) is 0 Å². The Morgan fingerprint density at radius 1 is 0.970 bits per heavy atom. The second-order valence-electron chi connectivity index (χ2n) is 7.74. The van der Waals surface area contributed by atoms with Gasteiger partial charge in [-0.15, -0.1) is 10.2 Å². The molecule has 0 unspecified atom stereocenters. The van der Waals surface area contributed by atoms with Gasteiger partial charge in [0.1, 0.15) is 5.75 Å². The zero-order valence-electron chi connectivity index (χ0n) is 17.8. The maximum Gasteiger partial charge on any atom is 0.419 e. The summed E-state index contributed by atoms with van der Waals surface area (Å²) in [5.74, 6) is -0.118. The molecule has 0 bridgehead atoms. The molecular formula is C24H23F3N4O2. The summed E-state index contributed by atoms with van der Waals surface area (Å²) < 4.78 is 44.3. The number of nitrogens with zero attached hydrogens (tertiary/aromatic N) is 3. The SMILES string of the molecule is O=C(COc1ccccc1C(F)(F)F)Nc1cccc(-c2ccc(N3CCCCC3)nn2)c1. The Morgan fingerprint density at radius 3 is 2.48 bits per heavy atom. The number of ether oxygens (including phenoxy) is 1. The van der Waals surface area contributed by atoms with Crippen LogP contribution < -0.4 is 15.0 Å². The van der Waals surface area contributed by atoms with E-state index in [0.717, 1.165) is 43.4 Å². The third-order valence-electron chi connectivity index (χ3n) is 5.32. The second kappa shape index (κ2) is 9.89. The number of hydrogen-bond donors (Lipinski definition) is 1. The number of hydrogen-bond acceptors (Lipinski definition) is 5. The summed E-state index contributed by atoms with van der Waals surface area (Å²) in [7, 11) is 0. The van der Waals surface area contributed by atoms with Crippen molar-refractivity contribution in [1.29, 1.82) is 0 Å². The van der Waals surface area contributed by atoms with Crippen LogP contribution in [-0.4, -0.2) is 35.8 Å². The van der Waals surface area contributed by atoms with Gasteiger partial charge in [0.25, 0.3) is 5.91 Å². The normalized spacial score (nSPS) is 14.1. The minimum atomic E-state index is -4.56. The Bertz CT molecular complexity index is 1100. The summed E-state index contributed by atoms with van der Waals surface area (Å²) >= 11 is 0. The summed E-state index contributed by atoms with van der Waals surface area (Å²) in [6.45, 7) is 1.40. The molecule has 33 heavy (non-hydrogen) atoms. The number of nitrogens with one attached hydrogen (secondary N) is 1. The van der Waals surface area contributed by atoms with Gasteiger partial charge < -0.3 is 15.0 Å². The number of carbonyl (C=O) groups excluding carboxylic acids is 1. The zero-order valence-corrected chi connectivity index (χ0v) is 17.8. The molecule has 1 amide bonds. The lowest BCUT2D eigenvalue weighted by Gasteiger charge is -2.27. The average Bonchev–Trinajstić information content (AvgIpc) is 2.83. The first-order valence-corrected chi connectivity index (χ1v) is 10.7. The first-order chi connectivity index (χ1) is 15.9. The van der Waals surface area contributed by atoms with Crippen LogP contribution in [0, 0.1) is 0 Å². The maximum atomic E-state index is 13.1. The topological polar surface area (TPSA) is 67.3 Å². The molecule has 172 valence electrons. The number of aromatic nitrogens is 2. The van der Waals surface area contributed by atoms with Gasteiger partial charge in [-0.3, -0.25) is 4.79 Å². The van der Waals surface area contributed by atoms with Crippen LogP contribution >= 0.6 is 0 Å². The lowest BCUT2D eigenvalue weighted by atomic mass is 10.1. The smallest absolute Gasteiger partial charge is 0.419 e. The number of rotatable bonds is 6. The minimum absolute atomic E-state index is 0.391. The van der Waals surface area contributed by atoms with Gasteiger partial charge in [-0.2, -0.15) is 13.2 Å². The van der Waals surface area contributed by atoms with E-state index in [1.807, 2.05) is 18.2 Å². The van der Waals surface area contributed by atoms with Gasteiger partial charge in [0.2, 0.25) is 0 Å². The molecule has 0 aliphatic carbocycles. The van der Waals surface area contributed by atoms with Crippen molar-refractivity contribution in [2.24, 2.45) is 0 Å². The van der Waals surface area contributed by atoms with Crippen LogP contribution in [0.4, 0.5) is 24.7 Å². The molecule has 2 heterocycles. The van der Waals surface area contributed by atoms with E-state index in [-0.39, 0.29) is 0 Å². The van der Waals surface area contributed by atoms with Crippen molar-refractivity contribution < 1.29 is 22.7 Å². The predicted molar refractivity (Wildman–Crippen MR) is 119 cm³/mol. The predicted octanol–water partition coefficient (Wildman–Crippen LogP) is 5.17. The highest BCUT2D eigenvalue weighted by Crippen LogP contribution is 2.35. The lowest BCUT2D eigenvalue weighted by molar-refractivity contribution is -0.139. The first-order valence-electron chi connectivity index (χ1n) is 10.7. The molecule has 0 atom stereocenters. The third-order valence-corrected chi connectivity index (χ3v) is 5.32. The molecule has 1 fully saturated rings. The number of anilines is 2. The Hall–Kier alpha value is -3.62. The second-order valence-corrected chi connectivity index (χ2v) is 7.74. The Morgan fingerprint density at radius 2 is 1.76 bits per heavy atom. The third kappa shape index (κ3) is 5.79. The number of para-hydroxylation sites is 1. The Balaban J connectivity index is 1.39. The average molecular weight is 456 g/mol. The van der Waals surface area contributed by atoms with E-state index in [9.17, 15) is 18.0 Å². The quantitative estimate of drug-likeness (QED) is 0.554. The fourth-order valence-corrected chi connectivity index (χ4v) is 3.69. The molecular weight excluding hydrogens is 433 g/mol. The van der Waals surface area contributed by atoms with Crippen LogP contribution in [-0.2, 0) is 11.0 Å². The Labute approximate surface area is 189 Å². The van der Waals surface area contributed by atoms with Crippen molar-refractivity contribution in [3.8, 4) is 17.0 Å². The van der Waals surface area contributed by atoms with Crippen molar-refractivity contribution in [3.05, 3.63) is 66.2 Å². The van der Waals surface area contributed by atoms with E-state index < -0.39 is 30.0 Å². The fraction of sp³-hybridized carbons (Fsp3) is 0.292. The molecule has 1 aliphatic heterocycles. The summed E-state index contributed by atoms with van der Waals surface area (Å²) in [5.41, 5.74) is 0.967. The van der Waals surface area contributed by atoms with Crippen molar-refractivity contribution in [3.63, 3.8) is 0 Å². The van der Waals surface area contributed by atoms with Crippen LogP contribution in [0.3, 0.4) is 0 Å². The van der Waals surface area contributed by atoms with E-state index in [0.29, 0.717) is 11.4 Å². The van der Waals surface area contributed by atoms with Gasteiger partial charge in [0.05, 0.1) is 11.3 Å². The summed E-state index contributed by atoms with van der Waals surface area (Å²) in [5, 5.41) is 11.3. The minimum Gasteiger partial charge on any atom is -0.483 e. The zero-order chi connectivity index (χ0) is 23.3. The molecule has 1 N–H and O–H groups in total. The summed E-state index contributed by atoms with van der Waals surface area (Å²) in [6.07, 6.45) is -1.03. The monoisotopic (exact) mass is 456 g/mol. The molecule has 0 spiro atoms. The number of carbonyl (C=O) groups is 1. The Kier molecular flexibility index (Phi) is 6.76. The highest BCUT2D eigenvalue weighted by molar-refractivity contribution is 5.92. The standard InChI is InChI=1S/C24H23F3N4O2/c25-24(26,27)19-9-2-3-10-21(19)33-16-23(32)28-18-8-6-7-17(15-18)20-11-12-22(30-29-20)31-13-4-1-5-14-31/h2-3,6-12,15H,1,4-5,13-14,16H2,(H,28,32). The highest BCUT2D eigenvalue weighted by atomic mass is 19.4. The molecule has 1 aliphatic rings. The van der Waals surface area contributed by atoms with Crippen LogP contribution in [0.15, 0.2) is 60.7 Å². The molecule has 2 aromatic carbocycles. The largest absolute Gasteiger partial charge is 0.483 e. The highest BCUT2D eigenvalue weighted by Gasteiger charge is 2.34. The lowest BCUT2D eigenvalue weighted by Crippen LogP contribution is -2.30. The van der Waals surface area contributed by atoms with Gasteiger partial charge >= 0.3 is 6.18 Å². The van der Waals surface area contributed by atoms with Crippen LogP contribution in [0.25, 0.3) is 11.3 Å². The molecule has 3 aromatic rings. The van der Waals surface area contributed by atoms with Crippen LogP contribution in [0.2, 0.25) is 0 Å². The number of alkyl halides is 3. The summed E-state index contributed by atoms with van der Waals surface area (Å²) in [4.78, 5) is 14.5. The number of halogens is 3. The summed E-state index contributed by atoms with van der Waals surface area (Å²) in [6, 6.07) is 15.6. The van der Waals surface area contributed by atoms with E-state index in [1.54, 1.807) is 18.2 Å². The van der Waals surface area contributed by atoms with Crippen molar-refractivity contribution in [1.82, 2.24) is 10.2 Å². The molecule has 9 heteroatoms. The molecule has 6 nitrogen and oxygen atoms in total. The van der Waals surface area contributed by atoms with Gasteiger partial charge in [-0.05, 0) is 55.7 Å². The van der Waals surface area contributed by atoms with Crippen LogP contribution in [0.1, 0.15) is 24.8 Å². The van der Waals surface area contributed by atoms with Gasteiger partial charge in [-0.1, -0.05) is 24.3 Å². The number of piperidine rings is 1. The molecule has 1 saturated heterocycles. The van der Waals surface area contributed by atoms with Crippen molar-refractivity contribution in [2.45, 2.75) is 25.4 Å². The molecule has 0 saturated carbocycles. The van der Waals surface area contributed by atoms with E-state index in [2.05, 4.69) is 20.4 Å². The van der Waals surface area contributed by atoms with Gasteiger partial charge in [0.15, 0.2) is 12.4 Å². The van der Waals surface area contributed by atoms with E-state index in [1.165, 1.54) is 24.6 Å². The fourth-order valence-electron chi connectivity index (χ4n) is 3.69. The van der Waals surface area contributed by atoms with E-state index in [4.69, 9.17) is 4.74 Å². The van der Waals surface area contributed by atoms with Crippen LogP contribution in [0.5, 0.6) is 5.75 Å². The molecule has 4 rings (SSSR count). The number of benzene rings is 2. The number of amides is 1. The maximum absolute atomic E-state index is 13.1. The van der Waals surface area contributed by atoms with E-state index >= 15 is 0 Å². The molecule has 1 aromatic heterocycles. The van der Waals surface area contributed by atoms with Crippen molar-refractivity contribution >= 4 is 17.4 Å². The molecule has 0 radical (unpaired) electrons.